The summed E-state index contributed by atoms with van der Waals surface area (Å²) in [6.45, 7) is 8.64. The van der Waals surface area contributed by atoms with Gasteiger partial charge in [0.1, 0.15) is 11.6 Å². The summed E-state index contributed by atoms with van der Waals surface area (Å²) in [5.41, 5.74) is 1.77. The lowest BCUT2D eigenvalue weighted by Gasteiger charge is -2.26. The summed E-state index contributed by atoms with van der Waals surface area (Å²) in [6.07, 6.45) is 0.652. The number of carbonyl (C=O) groups is 2. The zero-order valence-corrected chi connectivity index (χ0v) is 23.2. The largest absolute Gasteiger partial charge is 0.390 e. The highest BCUT2D eigenvalue weighted by molar-refractivity contribution is 6.00. The normalized spacial score (nSPS) is 12.9. The van der Waals surface area contributed by atoms with Crippen molar-refractivity contribution in [1.82, 2.24) is 20.4 Å². The Kier molecular flexibility index (Phi) is 12.8. The van der Waals surface area contributed by atoms with Crippen molar-refractivity contribution in [2.24, 2.45) is 0 Å². The van der Waals surface area contributed by atoms with Crippen LogP contribution >= 0.6 is 0 Å². The Morgan fingerprint density at radius 3 is 2.11 bits per heavy atom. The van der Waals surface area contributed by atoms with E-state index in [2.05, 4.69) is 10.6 Å². The molecule has 0 aliphatic rings. The highest BCUT2D eigenvalue weighted by Gasteiger charge is 2.24. The fourth-order valence-electron chi connectivity index (χ4n) is 4.29. The number of benzene rings is 2. The molecular weight excluding hydrogens is 490 g/mol. The predicted octanol–water partition coefficient (Wildman–Crippen LogP) is 3.39. The minimum absolute atomic E-state index is 0.0231. The lowest BCUT2D eigenvalue weighted by Crippen LogP contribution is -2.49. The van der Waals surface area contributed by atoms with E-state index in [1.165, 1.54) is 12.1 Å². The molecule has 38 heavy (non-hydrogen) atoms. The van der Waals surface area contributed by atoms with E-state index in [0.717, 1.165) is 31.0 Å². The van der Waals surface area contributed by atoms with Gasteiger partial charge in [-0.05, 0) is 81.7 Å². The summed E-state index contributed by atoms with van der Waals surface area (Å²) in [7, 11) is 3.87. The molecule has 2 aromatic rings. The van der Waals surface area contributed by atoms with Gasteiger partial charge in [0.2, 0.25) is 0 Å². The quantitative estimate of drug-likeness (QED) is 0.306. The van der Waals surface area contributed by atoms with Gasteiger partial charge in [-0.1, -0.05) is 13.8 Å². The first kappa shape index (κ1) is 31.3. The Morgan fingerprint density at radius 2 is 1.53 bits per heavy atom. The molecule has 2 aromatic carbocycles. The van der Waals surface area contributed by atoms with E-state index in [9.17, 15) is 23.5 Å². The first-order valence-corrected chi connectivity index (χ1v) is 13.2. The highest BCUT2D eigenvalue weighted by atomic mass is 19.1. The molecule has 210 valence electrons. The molecular formula is C29H42F2N4O3. The van der Waals surface area contributed by atoms with Gasteiger partial charge >= 0.3 is 0 Å². The van der Waals surface area contributed by atoms with Crippen LogP contribution in [-0.4, -0.2) is 85.7 Å². The van der Waals surface area contributed by atoms with Crippen LogP contribution in [0.4, 0.5) is 8.78 Å². The number of hydrogen-bond acceptors (Lipinski definition) is 5. The number of aliphatic hydroxyl groups excluding tert-OH is 1. The van der Waals surface area contributed by atoms with Gasteiger partial charge in [0.15, 0.2) is 0 Å². The second kappa shape index (κ2) is 15.5. The number of likely N-dealkylation sites (N-methyl/N-ethyl adjacent to an activating group) is 1. The summed E-state index contributed by atoms with van der Waals surface area (Å²) in [5, 5.41) is 16.9. The van der Waals surface area contributed by atoms with Crippen LogP contribution in [0, 0.1) is 18.6 Å². The Morgan fingerprint density at radius 1 is 0.921 bits per heavy atom. The fraction of sp³-hybridized carbons (Fsp3) is 0.517. The van der Waals surface area contributed by atoms with Gasteiger partial charge in [0, 0.05) is 49.9 Å². The molecule has 0 aromatic heterocycles. The van der Waals surface area contributed by atoms with E-state index < -0.39 is 29.7 Å². The molecule has 7 nitrogen and oxygen atoms in total. The summed E-state index contributed by atoms with van der Waals surface area (Å²) in [5.74, 6) is -2.07. The molecule has 0 radical (unpaired) electrons. The maximum atomic E-state index is 13.8. The van der Waals surface area contributed by atoms with Crippen LogP contribution in [0.2, 0.25) is 0 Å². The first-order valence-electron chi connectivity index (χ1n) is 13.2. The van der Waals surface area contributed by atoms with Gasteiger partial charge in [-0.3, -0.25) is 9.59 Å². The number of halogens is 2. The van der Waals surface area contributed by atoms with Crippen LogP contribution in [-0.2, 0) is 6.42 Å². The minimum Gasteiger partial charge on any atom is -0.390 e. The molecule has 0 aliphatic carbocycles. The molecule has 0 spiro atoms. The molecule has 3 N–H and O–H groups in total. The molecule has 0 saturated carbocycles. The molecule has 0 saturated heterocycles. The summed E-state index contributed by atoms with van der Waals surface area (Å²) < 4.78 is 27.7. The SMILES string of the molecule is CCCN(CCC)C(=O)c1cc(C)cc(C(=O)N[C@@H](Cc2cc(F)cc(F)c2)[C@H](O)CNCCN(C)C)c1. The number of hydrogen-bond donors (Lipinski definition) is 3. The van der Waals surface area contributed by atoms with E-state index in [4.69, 9.17) is 0 Å². The smallest absolute Gasteiger partial charge is 0.253 e. The van der Waals surface area contributed by atoms with Crippen molar-refractivity contribution in [2.75, 3.05) is 46.8 Å². The van der Waals surface area contributed by atoms with Crippen LogP contribution in [0.15, 0.2) is 36.4 Å². The maximum Gasteiger partial charge on any atom is 0.253 e. The van der Waals surface area contributed by atoms with E-state index >= 15 is 0 Å². The van der Waals surface area contributed by atoms with Gasteiger partial charge < -0.3 is 25.5 Å². The predicted molar refractivity (Wildman–Crippen MR) is 146 cm³/mol. The number of aliphatic hydroxyl groups is 1. The molecule has 9 heteroatoms. The number of nitrogens with zero attached hydrogens (tertiary/aromatic N) is 2. The topological polar surface area (TPSA) is 84.9 Å². The molecule has 2 rings (SSSR count). The summed E-state index contributed by atoms with van der Waals surface area (Å²) in [4.78, 5) is 30.3. The van der Waals surface area contributed by atoms with Crippen molar-refractivity contribution in [3.63, 3.8) is 0 Å². The summed E-state index contributed by atoms with van der Waals surface area (Å²) in [6, 6.07) is 7.32. The van der Waals surface area contributed by atoms with Gasteiger partial charge in [0.05, 0.1) is 12.1 Å². The Labute approximate surface area is 225 Å². The molecule has 2 amide bonds. The van der Waals surface area contributed by atoms with E-state index in [1.807, 2.05) is 39.8 Å². The van der Waals surface area contributed by atoms with E-state index in [0.29, 0.717) is 30.8 Å². The van der Waals surface area contributed by atoms with Gasteiger partial charge in [-0.25, -0.2) is 8.78 Å². The lowest BCUT2D eigenvalue weighted by molar-refractivity contribution is 0.0755. The Bertz CT molecular complexity index is 1040. The second-order valence-corrected chi connectivity index (χ2v) is 10.0. The minimum atomic E-state index is -1.03. The van der Waals surface area contributed by atoms with Gasteiger partial charge in [0.25, 0.3) is 11.8 Å². The van der Waals surface area contributed by atoms with Crippen molar-refractivity contribution >= 4 is 11.8 Å². The lowest BCUT2D eigenvalue weighted by atomic mass is 9.99. The van der Waals surface area contributed by atoms with Crippen molar-refractivity contribution in [2.45, 2.75) is 52.2 Å². The average molecular weight is 533 g/mol. The third-order valence-electron chi connectivity index (χ3n) is 6.11. The monoisotopic (exact) mass is 532 g/mol. The van der Waals surface area contributed by atoms with Crippen molar-refractivity contribution in [1.29, 1.82) is 0 Å². The molecule has 0 heterocycles. The zero-order chi connectivity index (χ0) is 28.2. The maximum absolute atomic E-state index is 13.8. The van der Waals surface area contributed by atoms with E-state index in [-0.39, 0.29) is 24.4 Å². The Hall–Kier alpha value is -2.88. The van der Waals surface area contributed by atoms with Crippen LogP contribution in [0.25, 0.3) is 0 Å². The first-order chi connectivity index (χ1) is 18.0. The molecule has 0 aliphatic heterocycles. The van der Waals surface area contributed by atoms with Crippen LogP contribution in [0.5, 0.6) is 0 Å². The Balaban J connectivity index is 2.27. The average Bonchev–Trinajstić information content (AvgIpc) is 2.84. The third-order valence-corrected chi connectivity index (χ3v) is 6.11. The molecule has 2 atom stereocenters. The highest BCUT2D eigenvalue weighted by Crippen LogP contribution is 2.16. The standard InChI is InChI=1S/C29H42F2N4O3/c1-6-9-35(10-7-2)29(38)23-13-20(3)12-22(17-23)28(37)33-26(27(36)19-32-8-11-34(4)5)16-21-14-24(30)18-25(31)15-21/h12-15,17-18,26-27,32,36H,6-11,16,19H2,1-5H3,(H,33,37)/t26-,27+/m0/s1. The van der Waals surface area contributed by atoms with Crippen LogP contribution < -0.4 is 10.6 Å². The molecule has 0 unspecified atom stereocenters. The van der Waals surface area contributed by atoms with Gasteiger partial charge in [-0.15, -0.1) is 0 Å². The zero-order valence-electron chi connectivity index (χ0n) is 23.2. The molecule has 0 bridgehead atoms. The number of nitrogens with one attached hydrogen (secondary N) is 2. The van der Waals surface area contributed by atoms with Crippen molar-refractivity contribution in [3.05, 3.63) is 70.3 Å². The number of rotatable bonds is 15. The van der Waals surface area contributed by atoms with Crippen LogP contribution in [0.3, 0.4) is 0 Å². The van der Waals surface area contributed by atoms with Crippen LogP contribution in [0.1, 0.15) is 58.5 Å². The molecule has 0 fully saturated rings. The van der Waals surface area contributed by atoms with E-state index in [1.54, 1.807) is 23.1 Å². The van der Waals surface area contributed by atoms with Crippen molar-refractivity contribution < 1.29 is 23.5 Å². The van der Waals surface area contributed by atoms with Gasteiger partial charge in [-0.2, -0.15) is 0 Å². The third kappa shape index (κ3) is 10.1. The summed E-state index contributed by atoms with van der Waals surface area (Å²) >= 11 is 0. The second-order valence-electron chi connectivity index (χ2n) is 10.0. The fourth-order valence-corrected chi connectivity index (χ4v) is 4.29. The number of aryl methyl sites for hydroxylation is 1. The number of amides is 2. The van der Waals surface area contributed by atoms with Crippen molar-refractivity contribution in [3.8, 4) is 0 Å². The number of carbonyl (C=O) groups excluding carboxylic acids is 2.